The highest BCUT2D eigenvalue weighted by atomic mass is 35.5. The van der Waals surface area contributed by atoms with Crippen LogP contribution in [0.15, 0.2) is 22.3 Å². The minimum absolute atomic E-state index is 0.330. The standard InChI is InChI=1S/C14H12ClN5S/c15-11-5-8(7-16)6-12(17-11)21-14-19-18-13(9-1-2-9)20(14)10-3-4-10/h5-6,9-10H,1-4H2. The molecule has 2 aliphatic carbocycles. The van der Waals surface area contributed by atoms with Crippen LogP contribution in [0.4, 0.5) is 0 Å². The summed E-state index contributed by atoms with van der Waals surface area (Å²) in [6.45, 7) is 0. The van der Waals surface area contributed by atoms with Crippen molar-refractivity contribution in [2.45, 2.75) is 47.8 Å². The second kappa shape index (κ2) is 5.00. The lowest BCUT2D eigenvalue weighted by molar-refractivity contribution is 0.626. The molecule has 5 nitrogen and oxygen atoms in total. The molecule has 0 N–H and O–H groups in total. The smallest absolute Gasteiger partial charge is 0.197 e. The van der Waals surface area contributed by atoms with Crippen LogP contribution in [-0.4, -0.2) is 19.7 Å². The number of hydrogen-bond donors (Lipinski definition) is 0. The van der Waals surface area contributed by atoms with Gasteiger partial charge in [0.1, 0.15) is 16.0 Å². The van der Waals surface area contributed by atoms with Crippen LogP contribution in [-0.2, 0) is 0 Å². The van der Waals surface area contributed by atoms with Crippen molar-refractivity contribution in [1.82, 2.24) is 19.7 Å². The predicted molar refractivity (Wildman–Crippen MR) is 78.4 cm³/mol. The lowest BCUT2D eigenvalue weighted by Crippen LogP contribution is -2.02. The molecular weight excluding hydrogens is 306 g/mol. The van der Waals surface area contributed by atoms with Gasteiger partial charge in [0.2, 0.25) is 0 Å². The highest BCUT2D eigenvalue weighted by Crippen LogP contribution is 2.46. The lowest BCUT2D eigenvalue weighted by Gasteiger charge is -2.07. The van der Waals surface area contributed by atoms with E-state index in [1.54, 1.807) is 12.1 Å². The average molecular weight is 318 g/mol. The van der Waals surface area contributed by atoms with E-state index < -0.39 is 0 Å². The Bertz CT molecular complexity index is 742. The fourth-order valence-electron chi connectivity index (χ4n) is 2.34. The summed E-state index contributed by atoms with van der Waals surface area (Å²) < 4.78 is 2.26. The Kier molecular flexibility index (Phi) is 3.12. The van der Waals surface area contributed by atoms with E-state index >= 15 is 0 Å². The number of aromatic nitrogens is 4. The van der Waals surface area contributed by atoms with Gasteiger partial charge in [0.15, 0.2) is 5.16 Å². The molecule has 4 rings (SSSR count). The number of pyridine rings is 1. The van der Waals surface area contributed by atoms with E-state index in [0.29, 0.717) is 27.7 Å². The Balaban J connectivity index is 1.68. The summed E-state index contributed by atoms with van der Waals surface area (Å²) in [4.78, 5) is 4.26. The van der Waals surface area contributed by atoms with Gasteiger partial charge in [-0.25, -0.2) is 4.98 Å². The van der Waals surface area contributed by atoms with Gasteiger partial charge in [0.25, 0.3) is 0 Å². The molecule has 2 saturated carbocycles. The maximum absolute atomic E-state index is 9.01. The van der Waals surface area contributed by atoms with Gasteiger partial charge in [-0.2, -0.15) is 5.26 Å². The molecule has 2 aromatic heterocycles. The van der Waals surface area contributed by atoms with Crippen molar-refractivity contribution in [3.8, 4) is 6.07 Å². The second-order valence-electron chi connectivity index (χ2n) is 5.45. The molecule has 7 heteroatoms. The fraction of sp³-hybridized carbons (Fsp3) is 0.429. The molecule has 0 unspecified atom stereocenters. The molecule has 2 aromatic rings. The number of rotatable bonds is 4. The third-order valence-electron chi connectivity index (χ3n) is 3.64. The molecule has 2 aliphatic rings. The van der Waals surface area contributed by atoms with Gasteiger partial charge < -0.3 is 4.57 Å². The molecule has 106 valence electrons. The monoisotopic (exact) mass is 317 g/mol. The number of halogens is 1. The van der Waals surface area contributed by atoms with Gasteiger partial charge in [0, 0.05) is 12.0 Å². The minimum Gasteiger partial charge on any atom is -0.302 e. The van der Waals surface area contributed by atoms with Crippen LogP contribution in [0, 0.1) is 11.3 Å². The molecule has 0 amide bonds. The molecule has 0 aliphatic heterocycles. The average Bonchev–Trinajstić information content (AvgIpc) is 3.37. The van der Waals surface area contributed by atoms with Crippen molar-refractivity contribution in [3.63, 3.8) is 0 Å². The summed E-state index contributed by atoms with van der Waals surface area (Å²) >= 11 is 7.39. The molecular formula is C14H12ClN5S. The Morgan fingerprint density at radius 2 is 2.05 bits per heavy atom. The Labute approximate surface area is 131 Å². The molecule has 21 heavy (non-hydrogen) atoms. The topological polar surface area (TPSA) is 67.4 Å². The van der Waals surface area contributed by atoms with Gasteiger partial charge in [-0.1, -0.05) is 11.6 Å². The molecule has 0 spiro atoms. The number of hydrogen-bond acceptors (Lipinski definition) is 5. The van der Waals surface area contributed by atoms with Gasteiger partial charge >= 0.3 is 0 Å². The van der Waals surface area contributed by atoms with Crippen molar-refractivity contribution in [1.29, 1.82) is 5.26 Å². The Morgan fingerprint density at radius 1 is 1.24 bits per heavy atom. The first kappa shape index (κ1) is 13.1. The first-order valence-corrected chi connectivity index (χ1v) is 8.14. The highest BCUT2D eigenvalue weighted by molar-refractivity contribution is 7.99. The van der Waals surface area contributed by atoms with Crippen molar-refractivity contribution in [2.75, 3.05) is 0 Å². The molecule has 0 saturated heterocycles. The molecule has 0 atom stereocenters. The zero-order valence-corrected chi connectivity index (χ0v) is 12.7. The van der Waals surface area contributed by atoms with Crippen LogP contribution in [0.25, 0.3) is 0 Å². The van der Waals surface area contributed by atoms with Gasteiger partial charge in [-0.3, -0.25) is 0 Å². The summed E-state index contributed by atoms with van der Waals surface area (Å²) in [6.07, 6.45) is 4.81. The van der Waals surface area contributed by atoms with Crippen molar-refractivity contribution in [3.05, 3.63) is 28.7 Å². The van der Waals surface area contributed by atoms with Crippen LogP contribution in [0.5, 0.6) is 0 Å². The summed E-state index contributed by atoms with van der Waals surface area (Å²) in [6, 6.07) is 5.93. The van der Waals surface area contributed by atoms with E-state index in [4.69, 9.17) is 16.9 Å². The molecule has 2 fully saturated rings. The first-order valence-electron chi connectivity index (χ1n) is 6.95. The highest BCUT2D eigenvalue weighted by Gasteiger charge is 2.36. The van der Waals surface area contributed by atoms with E-state index in [1.807, 2.05) is 0 Å². The predicted octanol–water partition coefficient (Wildman–Crippen LogP) is 3.56. The third-order valence-corrected chi connectivity index (χ3v) is 4.71. The van der Waals surface area contributed by atoms with Crippen LogP contribution in [0.3, 0.4) is 0 Å². The van der Waals surface area contributed by atoms with Gasteiger partial charge in [-0.15, -0.1) is 10.2 Å². The number of nitrogens with zero attached hydrogens (tertiary/aromatic N) is 5. The minimum atomic E-state index is 0.330. The largest absolute Gasteiger partial charge is 0.302 e. The van der Waals surface area contributed by atoms with E-state index in [9.17, 15) is 0 Å². The normalized spacial score (nSPS) is 17.7. The molecule has 2 heterocycles. The summed E-state index contributed by atoms with van der Waals surface area (Å²) in [5.74, 6) is 1.69. The van der Waals surface area contributed by atoms with E-state index in [2.05, 4.69) is 25.8 Å². The first-order chi connectivity index (χ1) is 10.2. The maximum atomic E-state index is 9.01. The second-order valence-corrected chi connectivity index (χ2v) is 6.82. The molecule has 0 radical (unpaired) electrons. The molecule has 0 aromatic carbocycles. The lowest BCUT2D eigenvalue weighted by atomic mass is 10.3. The van der Waals surface area contributed by atoms with Crippen molar-refractivity contribution < 1.29 is 0 Å². The Hall–Kier alpha value is -1.58. The third kappa shape index (κ3) is 2.63. The van der Waals surface area contributed by atoms with E-state index in [-0.39, 0.29) is 0 Å². The van der Waals surface area contributed by atoms with Crippen LogP contribution >= 0.6 is 23.4 Å². The summed E-state index contributed by atoms with van der Waals surface area (Å²) in [7, 11) is 0. The zero-order chi connectivity index (χ0) is 14.4. The van der Waals surface area contributed by atoms with Crippen LogP contribution < -0.4 is 0 Å². The van der Waals surface area contributed by atoms with Gasteiger partial charge in [0.05, 0.1) is 11.6 Å². The SMILES string of the molecule is N#Cc1cc(Cl)nc(Sc2nnc(C3CC3)n2C2CC2)c1. The maximum Gasteiger partial charge on any atom is 0.197 e. The number of nitriles is 1. The quantitative estimate of drug-likeness (QED) is 0.806. The zero-order valence-electron chi connectivity index (χ0n) is 11.2. The van der Waals surface area contributed by atoms with E-state index in [1.165, 1.54) is 37.4 Å². The summed E-state index contributed by atoms with van der Waals surface area (Å²) in [5.41, 5.74) is 0.511. The van der Waals surface area contributed by atoms with E-state index in [0.717, 1.165) is 11.0 Å². The van der Waals surface area contributed by atoms with Crippen LogP contribution in [0.1, 0.15) is 49.0 Å². The van der Waals surface area contributed by atoms with Gasteiger partial charge in [-0.05, 0) is 49.6 Å². The van der Waals surface area contributed by atoms with Crippen molar-refractivity contribution >= 4 is 23.4 Å². The molecule has 0 bridgehead atoms. The van der Waals surface area contributed by atoms with Crippen molar-refractivity contribution in [2.24, 2.45) is 0 Å². The van der Waals surface area contributed by atoms with Crippen LogP contribution in [0.2, 0.25) is 5.15 Å². The fourth-order valence-corrected chi connectivity index (χ4v) is 3.54. The Morgan fingerprint density at radius 3 is 2.71 bits per heavy atom. The summed E-state index contributed by atoms with van der Waals surface area (Å²) in [5, 5.41) is 19.6.